The van der Waals surface area contributed by atoms with Gasteiger partial charge in [0.1, 0.15) is 0 Å². The van der Waals surface area contributed by atoms with Gasteiger partial charge in [0, 0.05) is 5.25 Å². The predicted molar refractivity (Wildman–Crippen MR) is 66.1 cm³/mol. The summed E-state index contributed by atoms with van der Waals surface area (Å²) in [5, 5.41) is -0.970. The Kier molecular flexibility index (Phi) is 8.67. The van der Waals surface area contributed by atoms with E-state index in [1.54, 1.807) is 0 Å². The molecule has 6 nitrogen and oxygen atoms in total. The van der Waals surface area contributed by atoms with Crippen LogP contribution in [-0.2, 0) is 24.4 Å². The molecule has 1 heterocycles. The van der Waals surface area contributed by atoms with E-state index in [1.165, 1.54) is 0 Å². The van der Waals surface area contributed by atoms with Crippen LogP contribution in [0.25, 0.3) is 0 Å². The van der Waals surface area contributed by atoms with Crippen molar-refractivity contribution in [3.05, 3.63) is 0 Å². The molecule has 20 heavy (non-hydrogen) atoms. The number of cyclic esters (lactones) is 2. The third kappa shape index (κ3) is 6.40. The van der Waals surface area contributed by atoms with Gasteiger partial charge in [-0.1, -0.05) is 26.2 Å². The topological polar surface area (TPSA) is 101 Å². The van der Waals surface area contributed by atoms with Gasteiger partial charge in [-0.25, -0.2) is 8.42 Å². The van der Waals surface area contributed by atoms with E-state index in [0.717, 1.165) is 12.8 Å². The van der Waals surface area contributed by atoms with Crippen molar-refractivity contribution in [1.82, 2.24) is 0 Å². The van der Waals surface area contributed by atoms with Crippen molar-refractivity contribution in [2.24, 2.45) is 5.92 Å². The van der Waals surface area contributed by atoms with E-state index >= 15 is 0 Å². The first-order valence-corrected chi connectivity index (χ1v) is 8.01. The molecule has 0 aromatic carbocycles. The molecule has 1 saturated heterocycles. The van der Waals surface area contributed by atoms with Crippen molar-refractivity contribution in [3.63, 3.8) is 0 Å². The first-order valence-electron chi connectivity index (χ1n) is 6.53. The van der Waals surface area contributed by atoms with Crippen molar-refractivity contribution in [1.29, 1.82) is 0 Å². The van der Waals surface area contributed by atoms with Crippen LogP contribution in [0.4, 0.5) is 0 Å². The maximum absolute atomic E-state index is 11.2. The van der Waals surface area contributed by atoms with Crippen LogP contribution in [0, 0.1) is 5.92 Å². The summed E-state index contributed by atoms with van der Waals surface area (Å²) < 4.78 is 37.8. The zero-order valence-corrected chi connectivity index (χ0v) is 12.8. The second-order valence-electron chi connectivity index (χ2n) is 4.88. The van der Waals surface area contributed by atoms with Gasteiger partial charge in [0.25, 0.3) is 0 Å². The van der Waals surface area contributed by atoms with Crippen molar-refractivity contribution >= 4 is 22.1 Å². The Hall–Kier alpha value is -0.353. The second kappa shape index (κ2) is 8.83. The number of unbranched alkanes of at least 4 members (excludes halogenated alkanes) is 2. The van der Waals surface area contributed by atoms with Crippen LogP contribution in [0.15, 0.2) is 0 Å². The second-order valence-corrected chi connectivity index (χ2v) is 6.53. The van der Waals surface area contributed by atoms with E-state index in [1.807, 2.05) is 6.92 Å². The Bertz CT molecular complexity index is 433. The summed E-state index contributed by atoms with van der Waals surface area (Å²) in [5.41, 5.74) is 0. The molecule has 0 saturated carbocycles. The Morgan fingerprint density at radius 2 is 1.95 bits per heavy atom. The number of esters is 2. The van der Waals surface area contributed by atoms with E-state index in [-0.39, 0.29) is 38.1 Å². The molecule has 0 amide bonds. The molecule has 1 fully saturated rings. The van der Waals surface area contributed by atoms with Crippen molar-refractivity contribution in [2.45, 2.75) is 57.1 Å². The van der Waals surface area contributed by atoms with Crippen LogP contribution < -0.4 is 18.9 Å². The van der Waals surface area contributed by atoms with Crippen LogP contribution in [0.2, 0.25) is 0 Å². The minimum Gasteiger partial charge on any atom is -0.748 e. The Balaban J connectivity index is 0.00000361. The van der Waals surface area contributed by atoms with Gasteiger partial charge in [0.05, 0.1) is 22.5 Å². The minimum absolute atomic E-state index is 0. The molecule has 0 aromatic heterocycles. The number of hydrogen-bond donors (Lipinski definition) is 0. The summed E-state index contributed by atoms with van der Waals surface area (Å²) in [7, 11) is -4.36. The largest absolute Gasteiger partial charge is 1.00 e. The average Bonchev–Trinajstić information content (AvgIpc) is 2.60. The molecule has 8 heteroatoms. The smallest absolute Gasteiger partial charge is 0.748 e. The van der Waals surface area contributed by atoms with Gasteiger partial charge in [-0.15, -0.1) is 0 Å². The molecular formula is C12H19LiO6S. The van der Waals surface area contributed by atoms with Gasteiger partial charge < -0.3 is 9.29 Å². The molecule has 2 unspecified atom stereocenters. The molecule has 1 aliphatic rings. The van der Waals surface area contributed by atoms with E-state index in [4.69, 9.17) is 0 Å². The van der Waals surface area contributed by atoms with Gasteiger partial charge in [0.15, 0.2) is 0 Å². The number of rotatable bonds is 8. The third-order valence-electron chi connectivity index (χ3n) is 3.34. The zero-order valence-electron chi connectivity index (χ0n) is 12.0. The van der Waals surface area contributed by atoms with E-state index in [2.05, 4.69) is 4.74 Å². The Morgan fingerprint density at radius 1 is 1.30 bits per heavy atom. The normalized spacial score (nSPS) is 20.4. The fourth-order valence-corrected chi connectivity index (χ4v) is 3.06. The monoisotopic (exact) mass is 298 g/mol. The molecule has 1 aliphatic heterocycles. The number of ether oxygens (including phenoxy) is 1. The third-order valence-corrected chi connectivity index (χ3v) is 4.62. The first kappa shape index (κ1) is 19.6. The van der Waals surface area contributed by atoms with Crippen LogP contribution in [0.5, 0.6) is 0 Å². The molecule has 0 bridgehead atoms. The maximum atomic E-state index is 11.2. The summed E-state index contributed by atoms with van der Waals surface area (Å²) in [5.74, 6) is -1.79. The van der Waals surface area contributed by atoms with Crippen molar-refractivity contribution < 1.29 is 46.2 Å². The SMILES string of the molecule is CCCCCC(CCC1CC(=O)OC1=O)S(=O)(=O)[O-].[Li+]. The minimum atomic E-state index is -4.36. The van der Waals surface area contributed by atoms with Gasteiger partial charge in [0.2, 0.25) is 0 Å². The van der Waals surface area contributed by atoms with E-state index in [0.29, 0.717) is 12.8 Å². The first-order chi connectivity index (χ1) is 8.84. The zero-order chi connectivity index (χ0) is 14.5. The molecule has 0 N–H and O–H groups in total. The van der Waals surface area contributed by atoms with Gasteiger partial charge in [-0.3, -0.25) is 9.59 Å². The summed E-state index contributed by atoms with van der Waals surface area (Å²) >= 11 is 0. The number of carbonyl (C=O) groups is 2. The van der Waals surface area contributed by atoms with Crippen LogP contribution in [-0.4, -0.2) is 30.2 Å². The summed E-state index contributed by atoms with van der Waals surface area (Å²) in [6.45, 7) is 1.99. The molecule has 0 aliphatic carbocycles. The molecular weight excluding hydrogens is 279 g/mol. The quantitative estimate of drug-likeness (QED) is 0.175. The summed E-state index contributed by atoms with van der Waals surface area (Å²) in [6, 6.07) is 0. The molecule has 110 valence electrons. The van der Waals surface area contributed by atoms with Gasteiger partial charge >= 0.3 is 30.8 Å². The average molecular weight is 298 g/mol. The van der Waals surface area contributed by atoms with Crippen LogP contribution in [0.3, 0.4) is 0 Å². The maximum Gasteiger partial charge on any atom is 1.00 e. The summed E-state index contributed by atoms with van der Waals surface area (Å²) in [4.78, 5) is 22.1. The van der Waals surface area contributed by atoms with Gasteiger partial charge in [-0.05, 0) is 19.3 Å². The molecule has 0 aromatic rings. The fourth-order valence-electron chi connectivity index (χ4n) is 2.18. The number of carbonyl (C=O) groups excluding carboxylic acids is 2. The van der Waals surface area contributed by atoms with Crippen molar-refractivity contribution in [2.75, 3.05) is 0 Å². The van der Waals surface area contributed by atoms with Crippen LogP contribution >= 0.6 is 0 Å². The van der Waals surface area contributed by atoms with Crippen LogP contribution in [0.1, 0.15) is 51.9 Å². The Labute approximate surface area is 131 Å². The standard InChI is InChI=1S/C12H20O6S.Li/c1-2-3-4-5-10(19(15,16)17)7-6-9-8-11(13)18-12(9)14;/h9-10H,2-8H2,1H3,(H,15,16,17);/q;+1/p-1. The fraction of sp³-hybridized carbons (Fsp3) is 0.833. The molecule has 2 atom stereocenters. The van der Waals surface area contributed by atoms with E-state index in [9.17, 15) is 22.6 Å². The number of hydrogen-bond acceptors (Lipinski definition) is 6. The Morgan fingerprint density at radius 3 is 2.40 bits per heavy atom. The molecule has 1 rings (SSSR count). The molecule has 0 radical (unpaired) electrons. The van der Waals surface area contributed by atoms with Gasteiger partial charge in [-0.2, -0.15) is 0 Å². The van der Waals surface area contributed by atoms with Crippen molar-refractivity contribution in [3.8, 4) is 0 Å². The summed E-state index contributed by atoms with van der Waals surface area (Å²) in [6.07, 6.45) is 3.11. The van der Waals surface area contributed by atoms with E-state index < -0.39 is 33.2 Å². The predicted octanol–water partition coefficient (Wildman–Crippen LogP) is -1.65. The molecule has 0 spiro atoms.